The molecule has 152 valence electrons. The fourth-order valence-corrected chi connectivity index (χ4v) is 7.83. The number of hydrogen-bond acceptors (Lipinski definition) is 3. The van der Waals surface area contributed by atoms with E-state index >= 15 is 0 Å². The lowest BCUT2D eigenvalue weighted by molar-refractivity contribution is -0.148. The van der Waals surface area contributed by atoms with Crippen molar-refractivity contribution >= 4 is 5.97 Å². The van der Waals surface area contributed by atoms with Crippen LogP contribution in [0.3, 0.4) is 0 Å². The molecule has 1 aromatic rings. The summed E-state index contributed by atoms with van der Waals surface area (Å²) in [6.45, 7) is 6.60. The molecule has 28 heavy (non-hydrogen) atoms. The van der Waals surface area contributed by atoms with Crippen LogP contribution in [-0.4, -0.2) is 21.9 Å². The van der Waals surface area contributed by atoms with Crippen LogP contribution in [0.4, 0.5) is 0 Å². The Balaban J connectivity index is 1.40. The molecule has 0 bridgehead atoms. The van der Waals surface area contributed by atoms with Crippen molar-refractivity contribution in [3.63, 3.8) is 0 Å². The standard InChI is InChI=1S/C24H34N2O2/c1-16(27)28-18-9-11-23(2)17(15-18)5-6-19-20-7-8-22(26-14-4-13-25-26)24(20,3)12-10-21(19)23/h4-5,13-14,18-22H,6-12,15H2,1-3H3/t18-,19-,20-,21-,22+,23-,24-/m0/s1. The van der Waals surface area contributed by atoms with Gasteiger partial charge in [-0.2, -0.15) is 5.10 Å². The van der Waals surface area contributed by atoms with Crippen molar-refractivity contribution in [2.45, 2.75) is 84.3 Å². The van der Waals surface area contributed by atoms with Crippen LogP contribution in [0, 0.1) is 28.6 Å². The van der Waals surface area contributed by atoms with Gasteiger partial charge in [-0.05, 0) is 79.6 Å². The van der Waals surface area contributed by atoms with Gasteiger partial charge >= 0.3 is 5.97 Å². The molecule has 7 atom stereocenters. The monoisotopic (exact) mass is 382 g/mol. The number of fused-ring (bicyclic) bond motifs is 5. The van der Waals surface area contributed by atoms with Crippen LogP contribution >= 0.6 is 0 Å². The van der Waals surface area contributed by atoms with Gasteiger partial charge < -0.3 is 4.74 Å². The zero-order valence-electron chi connectivity index (χ0n) is 17.6. The lowest BCUT2D eigenvalue weighted by atomic mass is 9.48. The van der Waals surface area contributed by atoms with E-state index in [1.54, 1.807) is 5.57 Å². The van der Waals surface area contributed by atoms with Crippen LogP contribution in [0.25, 0.3) is 0 Å². The Hall–Kier alpha value is -1.58. The average Bonchev–Trinajstić information content (AvgIpc) is 3.28. The summed E-state index contributed by atoms with van der Waals surface area (Å²) in [5.41, 5.74) is 2.27. The number of hydrogen-bond donors (Lipinski definition) is 0. The van der Waals surface area contributed by atoms with Gasteiger partial charge in [-0.15, -0.1) is 0 Å². The Morgan fingerprint density at radius 3 is 2.79 bits per heavy atom. The van der Waals surface area contributed by atoms with Crippen LogP contribution < -0.4 is 0 Å². The maximum atomic E-state index is 11.4. The Bertz CT molecular complexity index is 785. The van der Waals surface area contributed by atoms with Crippen LogP contribution in [0.1, 0.15) is 78.2 Å². The number of carbonyl (C=O) groups excluding carboxylic acids is 1. The SMILES string of the molecule is CC(=O)O[C@H]1CC[C@@]2(C)C(=CC[C@H]3[C@@H]4CC[C@@H](n5cccn5)[C@@]4(C)CC[C@@H]32)C1. The van der Waals surface area contributed by atoms with Crippen molar-refractivity contribution in [2.24, 2.45) is 28.6 Å². The van der Waals surface area contributed by atoms with Gasteiger partial charge in [0, 0.05) is 25.7 Å². The minimum absolute atomic E-state index is 0.0953. The van der Waals surface area contributed by atoms with Gasteiger partial charge in [0.1, 0.15) is 6.10 Å². The van der Waals surface area contributed by atoms with E-state index in [-0.39, 0.29) is 12.1 Å². The Labute approximate surface area is 168 Å². The van der Waals surface area contributed by atoms with E-state index in [1.807, 2.05) is 6.20 Å². The van der Waals surface area contributed by atoms with Crippen molar-refractivity contribution in [3.8, 4) is 0 Å². The number of rotatable bonds is 2. The minimum atomic E-state index is -0.132. The van der Waals surface area contributed by atoms with Crippen molar-refractivity contribution in [1.82, 2.24) is 9.78 Å². The maximum Gasteiger partial charge on any atom is 0.302 e. The molecule has 3 saturated carbocycles. The predicted molar refractivity (Wildman–Crippen MR) is 109 cm³/mol. The fraction of sp³-hybridized carbons (Fsp3) is 0.750. The van der Waals surface area contributed by atoms with Crippen LogP contribution in [0.2, 0.25) is 0 Å². The predicted octanol–water partition coefficient (Wildman–Crippen LogP) is 5.32. The molecule has 4 aliphatic rings. The first-order chi connectivity index (χ1) is 13.4. The largest absolute Gasteiger partial charge is 0.462 e. The van der Waals surface area contributed by atoms with Gasteiger partial charge in [0.25, 0.3) is 0 Å². The van der Waals surface area contributed by atoms with Crippen LogP contribution in [-0.2, 0) is 9.53 Å². The molecule has 0 spiro atoms. The number of allylic oxidation sites excluding steroid dienone is 1. The molecule has 0 aliphatic heterocycles. The number of esters is 1. The lowest BCUT2D eigenvalue weighted by Crippen LogP contribution is -2.50. The fourth-order valence-electron chi connectivity index (χ4n) is 7.83. The summed E-state index contributed by atoms with van der Waals surface area (Å²) in [6, 6.07) is 2.63. The third kappa shape index (κ3) is 2.63. The summed E-state index contributed by atoms with van der Waals surface area (Å²) < 4.78 is 7.82. The number of ether oxygens (including phenoxy) is 1. The van der Waals surface area contributed by atoms with Crippen LogP contribution in [0.5, 0.6) is 0 Å². The highest BCUT2D eigenvalue weighted by atomic mass is 16.5. The summed E-state index contributed by atoms with van der Waals surface area (Å²) in [6.07, 6.45) is 16.4. The van der Waals surface area contributed by atoms with Crippen LogP contribution in [0.15, 0.2) is 30.1 Å². The molecule has 4 heteroatoms. The smallest absolute Gasteiger partial charge is 0.302 e. The van der Waals surface area contributed by atoms with Gasteiger partial charge in [-0.3, -0.25) is 9.48 Å². The summed E-state index contributed by atoms with van der Waals surface area (Å²) in [4.78, 5) is 11.4. The van der Waals surface area contributed by atoms with E-state index in [9.17, 15) is 4.79 Å². The zero-order valence-corrected chi connectivity index (χ0v) is 17.6. The third-order valence-electron chi connectivity index (χ3n) is 9.19. The molecule has 1 aromatic heterocycles. The van der Waals surface area contributed by atoms with Gasteiger partial charge in [-0.1, -0.05) is 25.5 Å². The molecule has 4 aliphatic carbocycles. The Morgan fingerprint density at radius 2 is 2.04 bits per heavy atom. The Kier molecular flexibility index (Phi) is 4.26. The van der Waals surface area contributed by atoms with Gasteiger partial charge in [0.2, 0.25) is 0 Å². The van der Waals surface area contributed by atoms with E-state index < -0.39 is 0 Å². The van der Waals surface area contributed by atoms with Crippen molar-refractivity contribution < 1.29 is 9.53 Å². The first-order valence-corrected chi connectivity index (χ1v) is 11.3. The van der Waals surface area contributed by atoms with E-state index in [0.717, 1.165) is 30.6 Å². The number of aromatic nitrogens is 2. The second-order valence-corrected chi connectivity index (χ2v) is 10.4. The molecule has 5 rings (SSSR count). The highest BCUT2D eigenvalue weighted by Crippen LogP contribution is 2.67. The molecule has 0 aromatic carbocycles. The van der Waals surface area contributed by atoms with E-state index in [4.69, 9.17) is 4.74 Å². The first-order valence-electron chi connectivity index (χ1n) is 11.3. The molecule has 0 N–H and O–H groups in total. The average molecular weight is 383 g/mol. The highest BCUT2D eigenvalue weighted by Gasteiger charge is 2.59. The molecule has 0 radical (unpaired) electrons. The molecule has 0 saturated heterocycles. The van der Waals surface area contributed by atoms with Gasteiger partial charge in [0.05, 0.1) is 6.04 Å². The molecule has 3 fully saturated rings. The second-order valence-electron chi connectivity index (χ2n) is 10.4. The quantitative estimate of drug-likeness (QED) is 0.514. The third-order valence-corrected chi connectivity index (χ3v) is 9.19. The number of carbonyl (C=O) groups is 1. The summed E-state index contributed by atoms with van der Waals surface area (Å²) in [5, 5.41) is 4.61. The van der Waals surface area contributed by atoms with Crippen molar-refractivity contribution in [1.29, 1.82) is 0 Å². The minimum Gasteiger partial charge on any atom is -0.462 e. The Morgan fingerprint density at radius 1 is 1.18 bits per heavy atom. The molecule has 0 amide bonds. The molecular weight excluding hydrogens is 348 g/mol. The number of nitrogens with zero attached hydrogens (tertiary/aromatic N) is 2. The zero-order chi connectivity index (χ0) is 19.5. The highest BCUT2D eigenvalue weighted by molar-refractivity contribution is 5.66. The summed E-state index contributed by atoms with van der Waals surface area (Å²) >= 11 is 0. The lowest BCUT2D eigenvalue weighted by Gasteiger charge is -2.58. The van der Waals surface area contributed by atoms with Gasteiger partial charge in [-0.25, -0.2) is 0 Å². The maximum absolute atomic E-state index is 11.4. The van der Waals surface area contributed by atoms with Gasteiger partial charge in [0.15, 0.2) is 0 Å². The molecule has 1 heterocycles. The van der Waals surface area contributed by atoms with Crippen molar-refractivity contribution in [2.75, 3.05) is 0 Å². The summed E-state index contributed by atoms with van der Waals surface area (Å²) in [5.74, 6) is 2.27. The molecule has 4 nitrogen and oxygen atoms in total. The van der Waals surface area contributed by atoms with E-state index in [1.165, 1.54) is 45.4 Å². The van der Waals surface area contributed by atoms with E-state index in [2.05, 4.69) is 42.0 Å². The molecular formula is C24H34N2O2. The second kappa shape index (κ2) is 6.47. The topological polar surface area (TPSA) is 44.1 Å². The summed E-state index contributed by atoms with van der Waals surface area (Å²) in [7, 11) is 0. The normalized spacial score (nSPS) is 44.8. The van der Waals surface area contributed by atoms with E-state index in [0.29, 0.717) is 16.9 Å². The molecule has 0 unspecified atom stereocenters. The first kappa shape index (κ1) is 18.4. The van der Waals surface area contributed by atoms with Crippen molar-refractivity contribution in [3.05, 3.63) is 30.1 Å².